The van der Waals surface area contributed by atoms with Crippen LogP contribution in [0.2, 0.25) is 0 Å². The van der Waals surface area contributed by atoms with Crippen molar-refractivity contribution >= 4 is 6.03 Å². The number of fused-ring (bicyclic) bond motifs is 1. The first kappa shape index (κ1) is 9.77. The maximum atomic E-state index is 11.6. The van der Waals surface area contributed by atoms with Gasteiger partial charge in [-0.3, -0.25) is 0 Å². The number of urea groups is 1. The van der Waals surface area contributed by atoms with Gasteiger partial charge in [0.1, 0.15) is 0 Å². The van der Waals surface area contributed by atoms with Crippen LogP contribution in [0.1, 0.15) is 25.7 Å². The van der Waals surface area contributed by atoms with Gasteiger partial charge in [0, 0.05) is 25.7 Å². The fraction of sp³-hybridized carbons (Fsp3) is 0.900. The van der Waals surface area contributed by atoms with E-state index in [0.29, 0.717) is 25.0 Å². The minimum Gasteiger partial charge on any atom is -0.338 e. The zero-order valence-electron chi connectivity index (χ0n) is 8.54. The van der Waals surface area contributed by atoms with Crippen LogP contribution in [0.3, 0.4) is 0 Å². The summed E-state index contributed by atoms with van der Waals surface area (Å²) in [6.07, 6.45) is 4.99. The number of nitrogens with one attached hydrogen (secondary N) is 1. The van der Waals surface area contributed by atoms with Crippen molar-refractivity contribution in [2.45, 2.75) is 31.7 Å². The Morgan fingerprint density at radius 3 is 3.00 bits per heavy atom. The van der Waals surface area contributed by atoms with Gasteiger partial charge in [0.2, 0.25) is 0 Å². The number of rotatable bonds is 2. The van der Waals surface area contributed by atoms with Gasteiger partial charge in [-0.25, -0.2) is 4.79 Å². The van der Waals surface area contributed by atoms with Crippen LogP contribution in [-0.2, 0) is 0 Å². The minimum absolute atomic E-state index is 0.0820. The van der Waals surface area contributed by atoms with Crippen molar-refractivity contribution in [1.29, 1.82) is 0 Å². The molecule has 0 aromatic heterocycles. The smallest absolute Gasteiger partial charge is 0.317 e. The van der Waals surface area contributed by atoms with Gasteiger partial charge < -0.3 is 16.0 Å². The van der Waals surface area contributed by atoms with Crippen LogP contribution >= 0.6 is 0 Å². The van der Waals surface area contributed by atoms with Gasteiger partial charge in [-0.1, -0.05) is 12.8 Å². The molecule has 1 heterocycles. The average Bonchev–Trinajstić information content (AvgIpc) is 2.23. The molecule has 0 aromatic carbocycles. The molecule has 14 heavy (non-hydrogen) atoms. The van der Waals surface area contributed by atoms with Crippen molar-refractivity contribution in [3.63, 3.8) is 0 Å². The molecular formula is C10H19N3O. The van der Waals surface area contributed by atoms with E-state index in [4.69, 9.17) is 5.73 Å². The van der Waals surface area contributed by atoms with Crippen molar-refractivity contribution < 1.29 is 4.79 Å². The Labute approximate surface area is 84.8 Å². The first-order valence-electron chi connectivity index (χ1n) is 5.57. The summed E-state index contributed by atoms with van der Waals surface area (Å²) in [6.45, 7) is 2.13. The SMILES string of the molecule is NCCN1C(=O)NCC2CCCCC21. The van der Waals surface area contributed by atoms with Gasteiger partial charge in [0.15, 0.2) is 0 Å². The van der Waals surface area contributed by atoms with Crippen molar-refractivity contribution in [2.24, 2.45) is 11.7 Å². The lowest BCUT2D eigenvalue weighted by molar-refractivity contribution is 0.0966. The summed E-state index contributed by atoms with van der Waals surface area (Å²) in [7, 11) is 0. The number of hydrogen-bond acceptors (Lipinski definition) is 2. The summed E-state index contributed by atoms with van der Waals surface area (Å²) in [5.41, 5.74) is 5.52. The predicted molar refractivity (Wildman–Crippen MR) is 54.9 cm³/mol. The molecule has 0 radical (unpaired) electrons. The Bertz CT molecular complexity index is 219. The largest absolute Gasteiger partial charge is 0.338 e. The highest BCUT2D eigenvalue weighted by Gasteiger charge is 2.36. The lowest BCUT2D eigenvalue weighted by Crippen LogP contribution is -2.59. The van der Waals surface area contributed by atoms with Crippen LogP contribution in [-0.4, -0.2) is 36.6 Å². The highest BCUT2D eigenvalue weighted by atomic mass is 16.2. The molecule has 2 fully saturated rings. The summed E-state index contributed by atoms with van der Waals surface area (Å²) in [5.74, 6) is 0.660. The second-order valence-corrected chi connectivity index (χ2v) is 4.28. The summed E-state index contributed by atoms with van der Waals surface area (Å²) in [6, 6.07) is 0.541. The van der Waals surface area contributed by atoms with Crippen molar-refractivity contribution in [3.05, 3.63) is 0 Å². The Morgan fingerprint density at radius 2 is 2.21 bits per heavy atom. The van der Waals surface area contributed by atoms with Crippen molar-refractivity contribution in [1.82, 2.24) is 10.2 Å². The van der Waals surface area contributed by atoms with E-state index in [0.717, 1.165) is 13.0 Å². The van der Waals surface area contributed by atoms with Gasteiger partial charge >= 0.3 is 6.03 Å². The van der Waals surface area contributed by atoms with Crippen LogP contribution in [0.5, 0.6) is 0 Å². The molecule has 1 aliphatic heterocycles. The number of amides is 2. The molecule has 2 aliphatic rings. The van der Waals surface area contributed by atoms with Gasteiger partial charge in [-0.05, 0) is 18.8 Å². The highest BCUT2D eigenvalue weighted by Crippen LogP contribution is 2.30. The second-order valence-electron chi connectivity index (χ2n) is 4.28. The van der Waals surface area contributed by atoms with E-state index in [-0.39, 0.29) is 6.03 Å². The molecule has 0 bridgehead atoms. The zero-order chi connectivity index (χ0) is 9.97. The van der Waals surface area contributed by atoms with E-state index in [2.05, 4.69) is 5.32 Å². The van der Waals surface area contributed by atoms with Crippen LogP contribution in [0.15, 0.2) is 0 Å². The molecule has 1 saturated heterocycles. The summed E-state index contributed by atoms with van der Waals surface area (Å²) >= 11 is 0. The molecule has 2 unspecified atom stereocenters. The quantitative estimate of drug-likeness (QED) is 0.678. The summed E-state index contributed by atoms with van der Waals surface area (Å²) < 4.78 is 0. The van der Waals surface area contributed by atoms with E-state index in [1.807, 2.05) is 4.90 Å². The number of nitrogens with zero attached hydrogens (tertiary/aromatic N) is 1. The third kappa shape index (κ3) is 1.71. The van der Waals surface area contributed by atoms with E-state index in [9.17, 15) is 4.79 Å². The third-order valence-electron chi connectivity index (χ3n) is 3.42. The predicted octanol–water partition coefficient (Wildman–Crippen LogP) is 0.529. The van der Waals surface area contributed by atoms with Crippen LogP contribution in [0.4, 0.5) is 4.79 Å². The third-order valence-corrected chi connectivity index (χ3v) is 3.42. The minimum atomic E-state index is 0.0820. The molecule has 4 heteroatoms. The van der Waals surface area contributed by atoms with Gasteiger partial charge in [-0.15, -0.1) is 0 Å². The Kier molecular flexibility index (Phi) is 2.91. The van der Waals surface area contributed by atoms with Crippen molar-refractivity contribution in [3.8, 4) is 0 Å². The van der Waals surface area contributed by atoms with Crippen molar-refractivity contribution in [2.75, 3.05) is 19.6 Å². The molecular weight excluding hydrogens is 178 g/mol. The average molecular weight is 197 g/mol. The Balaban J connectivity index is 2.05. The highest BCUT2D eigenvalue weighted by molar-refractivity contribution is 5.75. The number of hydrogen-bond donors (Lipinski definition) is 2. The lowest BCUT2D eigenvalue weighted by atomic mass is 9.82. The molecule has 1 aliphatic carbocycles. The van der Waals surface area contributed by atoms with E-state index >= 15 is 0 Å². The van der Waals surface area contributed by atoms with E-state index in [1.54, 1.807) is 0 Å². The normalized spacial score (nSPS) is 32.4. The molecule has 2 rings (SSSR count). The topological polar surface area (TPSA) is 58.4 Å². The van der Waals surface area contributed by atoms with Crippen LogP contribution in [0, 0.1) is 5.92 Å². The Morgan fingerprint density at radius 1 is 1.43 bits per heavy atom. The van der Waals surface area contributed by atoms with Gasteiger partial charge in [0.05, 0.1) is 0 Å². The molecule has 4 nitrogen and oxygen atoms in total. The molecule has 1 saturated carbocycles. The molecule has 3 N–H and O–H groups in total. The molecule has 2 amide bonds. The molecule has 0 spiro atoms. The zero-order valence-corrected chi connectivity index (χ0v) is 8.54. The first-order valence-corrected chi connectivity index (χ1v) is 5.57. The molecule has 80 valence electrons. The van der Waals surface area contributed by atoms with Gasteiger partial charge in [0.25, 0.3) is 0 Å². The summed E-state index contributed by atoms with van der Waals surface area (Å²) in [5, 5.41) is 2.95. The fourth-order valence-corrected chi connectivity index (χ4v) is 2.71. The number of nitrogens with two attached hydrogens (primary N) is 1. The van der Waals surface area contributed by atoms with E-state index in [1.165, 1.54) is 19.3 Å². The standard InChI is InChI=1S/C10H19N3O/c11-5-6-13-9-4-2-1-3-8(9)7-12-10(13)14/h8-9H,1-7,11H2,(H,12,14). The monoisotopic (exact) mass is 197 g/mol. The number of carbonyl (C=O) groups is 1. The summed E-state index contributed by atoms with van der Waals surface area (Å²) in [4.78, 5) is 13.5. The maximum Gasteiger partial charge on any atom is 0.317 e. The van der Waals surface area contributed by atoms with E-state index < -0.39 is 0 Å². The fourth-order valence-electron chi connectivity index (χ4n) is 2.71. The first-order chi connectivity index (χ1) is 6.83. The maximum absolute atomic E-state index is 11.6. The lowest BCUT2D eigenvalue weighted by Gasteiger charge is -2.44. The number of carbonyl (C=O) groups excluding carboxylic acids is 1. The molecule has 2 atom stereocenters. The van der Waals surface area contributed by atoms with Gasteiger partial charge in [-0.2, -0.15) is 0 Å². The Hall–Kier alpha value is -0.770. The van der Waals surface area contributed by atoms with Crippen LogP contribution < -0.4 is 11.1 Å². The second kappa shape index (κ2) is 4.17. The van der Waals surface area contributed by atoms with Crippen LogP contribution in [0.25, 0.3) is 0 Å². The molecule has 0 aromatic rings.